The zero-order valence-electron chi connectivity index (χ0n) is 15.3. The van der Waals surface area contributed by atoms with Crippen molar-refractivity contribution < 1.29 is 9.32 Å². The van der Waals surface area contributed by atoms with E-state index in [1.807, 2.05) is 24.3 Å². The lowest BCUT2D eigenvalue weighted by atomic mass is 10.2. The molecule has 144 valence electrons. The van der Waals surface area contributed by atoms with E-state index in [1.54, 1.807) is 18.3 Å². The minimum atomic E-state index is -0.146. The molecule has 3 heterocycles. The number of anilines is 2. The Kier molecular flexibility index (Phi) is 5.53. The number of hydrogen-bond donors (Lipinski definition) is 1. The van der Waals surface area contributed by atoms with Gasteiger partial charge in [0.05, 0.1) is 11.9 Å². The van der Waals surface area contributed by atoms with Gasteiger partial charge in [0, 0.05) is 36.5 Å². The molecule has 0 bridgehead atoms. The Morgan fingerprint density at radius 3 is 2.64 bits per heavy atom. The summed E-state index contributed by atoms with van der Waals surface area (Å²) < 4.78 is 5.23. The summed E-state index contributed by atoms with van der Waals surface area (Å²) in [6, 6.07) is 11.0. The third-order valence-electron chi connectivity index (χ3n) is 4.62. The average Bonchev–Trinajstić information content (AvgIpc) is 3.40. The number of amides is 1. The molecule has 1 amide bonds. The second kappa shape index (κ2) is 8.39. The lowest BCUT2D eigenvalue weighted by Gasteiger charge is -2.17. The van der Waals surface area contributed by atoms with Gasteiger partial charge in [-0.2, -0.15) is 4.98 Å². The van der Waals surface area contributed by atoms with Gasteiger partial charge in [-0.05, 0) is 49.2 Å². The van der Waals surface area contributed by atoms with Gasteiger partial charge in [-0.15, -0.1) is 0 Å². The maximum Gasteiger partial charge on any atom is 0.227 e. The number of benzene rings is 1. The molecule has 1 N–H and O–H groups in total. The first-order chi connectivity index (χ1) is 13.7. The second-order valence-corrected chi connectivity index (χ2v) is 7.10. The molecule has 1 fully saturated rings. The predicted octanol–water partition coefficient (Wildman–Crippen LogP) is 3.96. The van der Waals surface area contributed by atoms with Gasteiger partial charge >= 0.3 is 0 Å². The molecule has 8 heteroatoms. The van der Waals surface area contributed by atoms with Crippen molar-refractivity contribution in [3.8, 4) is 11.4 Å². The van der Waals surface area contributed by atoms with Crippen LogP contribution in [0.1, 0.15) is 25.2 Å². The van der Waals surface area contributed by atoms with Crippen molar-refractivity contribution in [2.75, 3.05) is 23.3 Å². The fourth-order valence-electron chi connectivity index (χ4n) is 3.12. The summed E-state index contributed by atoms with van der Waals surface area (Å²) >= 11 is 5.88. The number of halogens is 1. The largest absolute Gasteiger partial charge is 0.370 e. The second-order valence-electron chi connectivity index (χ2n) is 6.66. The van der Waals surface area contributed by atoms with E-state index in [4.69, 9.17) is 16.1 Å². The molecule has 3 aromatic rings. The minimum Gasteiger partial charge on any atom is -0.370 e. The van der Waals surface area contributed by atoms with Crippen molar-refractivity contribution in [3.63, 3.8) is 0 Å². The minimum absolute atomic E-state index is 0.146. The predicted molar refractivity (Wildman–Crippen MR) is 107 cm³/mol. The highest BCUT2D eigenvalue weighted by Gasteiger charge is 2.14. The molecule has 0 aliphatic carbocycles. The summed E-state index contributed by atoms with van der Waals surface area (Å²) in [7, 11) is 0. The van der Waals surface area contributed by atoms with Crippen LogP contribution in [-0.4, -0.2) is 34.1 Å². The van der Waals surface area contributed by atoms with Crippen LogP contribution in [0.4, 0.5) is 11.5 Å². The molecule has 1 aliphatic heterocycles. The Labute approximate surface area is 167 Å². The van der Waals surface area contributed by atoms with Gasteiger partial charge in [-0.1, -0.05) is 16.8 Å². The first-order valence-electron chi connectivity index (χ1n) is 9.27. The summed E-state index contributed by atoms with van der Waals surface area (Å²) in [5, 5.41) is 7.39. The zero-order valence-corrected chi connectivity index (χ0v) is 16.0. The molecule has 1 aromatic carbocycles. The van der Waals surface area contributed by atoms with E-state index in [0.29, 0.717) is 29.0 Å². The number of hydrogen-bond acceptors (Lipinski definition) is 6. The zero-order chi connectivity index (χ0) is 19.3. The Morgan fingerprint density at radius 1 is 1.14 bits per heavy atom. The van der Waals surface area contributed by atoms with E-state index in [9.17, 15) is 4.79 Å². The molecule has 0 spiro atoms. The quantitative estimate of drug-likeness (QED) is 0.677. The van der Waals surface area contributed by atoms with Crippen LogP contribution in [0.3, 0.4) is 0 Å². The van der Waals surface area contributed by atoms with E-state index in [1.165, 1.54) is 12.8 Å². The fourth-order valence-corrected chi connectivity index (χ4v) is 3.25. The van der Waals surface area contributed by atoms with Gasteiger partial charge in [-0.25, -0.2) is 4.98 Å². The van der Waals surface area contributed by atoms with Crippen LogP contribution in [0, 0.1) is 0 Å². The molecule has 0 saturated carbocycles. The van der Waals surface area contributed by atoms with Crippen LogP contribution >= 0.6 is 11.6 Å². The Balaban J connectivity index is 1.29. The van der Waals surface area contributed by atoms with Crippen molar-refractivity contribution in [2.24, 2.45) is 0 Å². The number of nitrogens with one attached hydrogen (secondary N) is 1. The molecule has 4 rings (SSSR count). The van der Waals surface area contributed by atoms with Gasteiger partial charge in [0.2, 0.25) is 17.6 Å². The van der Waals surface area contributed by atoms with Gasteiger partial charge in [0.1, 0.15) is 5.82 Å². The third-order valence-corrected chi connectivity index (χ3v) is 4.87. The Morgan fingerprint density at radius 2 is 1.93 bits per heavy atom. The fraction of sp³-hybridized carbons (Fsp3) is 0.300. The molecule has 2 aromatic heterocycles. The van der Waals surface area contributed by atoms with Crippen molar-refractivity contribution >= 4 is 29.0 Å². The normalized spacial score (nSPS) is 13.7. The number of pyridine rings is 1. The molecule has 7 nitrogen and oxygen atoms in total. The molecule has 0 radical (unpaired) electrons. The van der Waals surface area contributed by atoms with Gasteiger partial charge < -0.3 is 14.7 Å². The summed E-state index contributed by atoms with van der Waals surface area (Å²) in [6.45, 7) is 2.13. The standard InChI is InChI=1S/C20H20ClN5O2/c21-15-5-3-14(4-6-15)20-24-19(28-25-20)10-9-18(27)23-17-8-7-16(13-22-17)26-11-1-2-12-26/h3-8,13H,1-2,9-12H2,(H,22,23,27). The van der Waals surface area contributed by atoms with Crippen LogP contribution in [0.25, 0.3) is 11.4 Å². The van der Waals surface area contributed by atoms with E-state index in [0.717, 1.165) is 24.3 Å². The highest BCUT2D eigenvalue weighted by Crippen LogP contribution is 2.21. The van der Waals surface area contributed by atoms with Crippen LogP contribution in [-0.2, 0) is 11.2 Å². The Bertz CT molecular complexity index is 934. The van der Waals surface area contributed by atoms with E-state index >= 15 is 0 Å². The summed E-state index contributed by atoms with van der Waals surface area (Å²) in [6.07, 6.45) is 4.83. The number of aryl methyl sites for hydroxylation is 1. The van der Waals surface area contributed by atoms with Crippen LogP contribution in [0.5, 0.6) is 0 Å². The van der Waals surface area contributed by atoms with Crippen LogP contribution < -0.4 is 10.2 Å². The summed E-state index contributed by atoms with van der Waals surface area (Å²) in [5.41, 5.74) is 1.90. The van der Waals surface area contributed by atoms with Crippen molar-refractivity contribution in [1.29, 1.82) is 0 Å². The van der Waals surface area contributed by atoms with E-state index < -0.39 is 0 Å². The molecule has 1 saturated heterocycles. The van der Waals surface area contributed by atoms with E-state index in [-0.39, 0.29) is 12.3 Å². The smallest absolute Gasteiger partial charge is 0.227 e. The first-order valence-corrected chi connectivity index (χ1v) is 9.64. The van der Waals surface area contributed by atoms with E-state index in [2.05, 4.69) is 25.3 Å². The van der Waals surface area contributed by atoms with Crippen molar-refractivity contribution in [2.45, 2.75) is 25.7 Å². The molecular formula is C20H20ClN5O2. The number of carbonyl (C=O) groups is 1. The van der Waals surface area contributed by atoms with Crippen molar-refractivity contribution in [1.82, 2.24) is 15.1 Å². The van der Waals surface area contributed by atoms with Crippen molar-refractivity contribution in [3.05, 3.63) is 53.5 Å². The first kappa shape index (κ1) is 18.4. The van der Waals surface area contributed by atoms with Gasteiger partial charge in [0.15, 0.2) is 0 Å². The number of aromatic nitrogens is 3. The molecule has 1 aliphatic rings. The van der Waals surface area contributed by atoms with Gasteiger partial charge in [0.25, 0.3) is 0 Å². The lowest BCUT2D eigenvalue weighted by molar-refractivity contribution is -0.116. The van der Waals surface area contributed by atoms with Gasteiger partial charge in [-0.3, -0.25) is 4.79 Å². The highest BCUT2D eigenvalue weighted by molar-refractivity contribution is 6.30. The highest BCUT2D eigenvalue weighted by atomic mass is 35.5. The number of rotatable bonds is 6. The molecule has 0 unspecified atom stereocenters. The molecule has 28 heavy (non-hydrogen) atoms. The number of nitrogens with zero attached hydrogens (tertiary/aromatic N) is 4. The lowest BCUT2D eigenvalue weighted by Crippen LogP contribution is -2.18. The maximum atomic E-state index is 12.2. The van der Waals surface area contributed by atoms with Crippen LogP contribution in [0.2, 0.25) is 5.02 Å². The number of carbonyl (C=O) groups excluding carboxylic acids is 1. The monoisotopic (exact) mass is 397 g/mol. The molecular weight excluding hydrogens is 378 g/mol. The summed E-state index contributed by atoms with van der Waals surface area (Å²) in [5.74, 6) is 1.29. The third kappa shape index (κ3) is 4.48. The molecule has 0 atom stereocenters. The maximum absolute atomic E-state index is 12.2. The van der Waals surface area contributed by atoms with Crippen LogP contribution in [0.15, 0.2) is 47.1 Å². The topological polar surface area (TPSA) is 84.1 Å². The summed E-state index contributed by atoms with van der Waals surface area (Å²) in [4.78, 5) is 23.1. The Hall–Kier alpha value is -2.93. The SMILES string of the molecule is O=C(CCc1nc(-c2ccc(Cl)cc2)no1)Nc1ccc(N2CCCC2)cn1. The average molecular weight is 398 g/mol.